The third-order valence-corrected chi connectivity index (χ3v) is 7.57. The fourth-order valence-electron chi connectivity index (χ4n) is 5.36. The molecule has 3 N–H and O–H groups in total. The zero-order chi connectivity index (χ0) is 28.8. The van der Waals surface area contributed by atoms with E-state index in [-0.39, 0.29) is 30.8 Å². The smallest absolute Gasteiger partial charge is 0.327 e. The number of amides is 3. The first-order chi connectivity index (χ1) is 19.9. The first-order valence-corrected chi connectivity index (χ1v) is 13.8. The van der Waals surface area contributed by atoms with Crippen LogP contribution in [0.5, 0.6) is 0 Å². The number of aromatic nitrogens is 3. The summed E-state index contributed by atoms with van der Waals surface area (Å²) in [5.41, 5.74) is 2.18. The van der Waals surface area contributed by atoms with E-state index in [2.05, 4.69) is 30.8 Å². The molecule has 3 amide bonds. The minimum Gasteiger partial charge on any atom is -0.369 e. The van der Waals surface area contributed by atoms with E-state index in [1.54, 1.807) is 17.2 Å². The van der Waals surface area contributed by atoms with Crippen LogP contribution in [-0.2, 0) is 9.59 Å². The van der Waals surface area contributed by atoms with Crippen LogP contribution in [0.4, 0.5) is 22.0 Å². The largest absolute Gasteiger partial charge is 0.369 e. The monoisotopic (exact) mass is 558 g/mol. The summed E-state index contributed by atoms with van der Waals surface area (Å²) < 4.78 is 1.35. The van der Waals surface area contributed by atoms with E-state index in [4.69, 9.17) is 5.26 Å². The number of anilines is 3. The summed E-state index contributed by atoms with van der Waals surface area (Å²) >= 11 is 0. The Morgan fingerprint density at radius 2 is 1.90 bits per heavy atom. The lowest BCUT2D eigenvalue weighted by molar-refractivity contribution is -0.131. The Kier molecular flexibility index (Phi) is 8.59. The van der Waals surface area contributed by atoms with Crippen molar-refractivity contribution in [2.45, 2.75) is 25.3 Å². The highest BCUT2D eigenvalue weighted by Gasteiger charge is 2.28. The lowest BCUT2D eigenvalue weighted by Gasteiger charge is -2.38. The normalized spacial score (nSPS) is 17.1. The van der Waals surface area contributed by atoms with Crippen molar-refractivity contribution in [1.82, 2.24) is 30.1 Å². The number of nitrogens with zero attached hydrogens (tertiary/aromatic N) is 7. The molecule has 0 saturated carbocycles. The van der Waals surface area contributed by atoms with Crippen LogP contribution in [-0.4, -0.2) is 96.2 Å². The van der Waals surface area contributed by atoms with Crippen LogP contribution in [0.15, 0.2) is 42.9 Å². The van der Waals surface area contributed by atoms with Crippen LogP contribution < -0.4 is 25.8 Å². The van der Waals surface area contributed by atoms with Crippen molar-refractivity contribution in [3.63, 3.8) is 0 Å². The summed E-state index contributed by atoms with van der Waals surface area (Å²) in [7, 11) is 1.91. The molecule has 41 heavy (non-hydrogen) atoms. The van der Waals surface area contributed by atoms with Crippen LogP contribution >= 0.6 is 0 Å². The predicted molar refractivity (Wildman–Crippen MR) is 155 cm³/mol. The Labute approximate surface area is 238 Å². The summed E-state index contributed by atoms with van der Waals surface area (Å²) in [5.74, 6) is 0.133. The highest BCUT2D eigenvalue weighted by Crippen LogP contribution is 2.27. The Bertz CT molecular complexity index is 1440. The number of hydrogen-bond donors (Lipinski definition) is 3. The zero-order valence-electron chi connectivity index (χ0n) is 23.0. The van der Waals surface area contributed by atoms with Gasteiger partial charge in [-0.1, -0.05) is 0 Å². The molecule has 2 aromatic heterocycles. The van der Waals surface area contributed by atoms with Gasteiger partial charge in [0.25, 0.3) is 0 Å². The van der Waals surface area contributed by atoms with Gasteiger partial charge in [0.1, 0.15) is 18.6 Å². The van der Waals surface area contributed by atoms with Gasteiger partial charge in [-0.05, 0) is 43.2 Å². The molecule has 0 bridgehead atoms. The maximum Gasteiger partial charge on any atom is 0.327 e. The van der Waals surface area contributed by atoms with E-state index in [0.29, 0.717) is 35.6 Å². The number of fused-ring (bicyclic) bond motifs is 1. The highest BCUT2D eigenvalue weighted by atomic mass is 16.2. The Morgan fingerprint density at radius 1 is 1.12 bits per heavy atom. The van der Waals surface area contributed by atoms with Gasteiger partial charge < -0.3 is 30.7 Å². The summed E-state index contributed by atoms with van der Waals surface area (Å²) in [6.07, 6.45) is 4.56. The molecule has 1 atom stereocenters. The molecule has 4 heterocycles. The third kappa shape index (κ3) is 6.38. The number of likely N-dealkylation sites (N-methyl/N-ethyl adjacent to an activating group) is 1. The number of nitriles is 1. The van der Waals surface area contributed by atoms with Gasteiger partial charge in [-0.25, -0.2) is 14.8 Å². The first-order valence-electron chi connectivity index (χ1n) is 13.8. The summed E-state index contributed by atoms with van der Waals surface area (Å²) in [4.78, 5) is 52.6. The van der Waals surface area contributed by atoms with Crippen LogP contribution in [0, 0.1) is 11.3 Å². The van der Waals surface area contributed by atoms with Crippen LogP contribution in [0.1, 0.15) is 19.3 Å². The van der Waals surface area contributed by atoms with E-state index in [9.17, 15) is 14.4 Å². The molecule has 5 rings (SSSR count). The Morgan fingerprint density at radius 3 is 2.66 bits per heavy atom. The molecule has 1 aromatic carbocycles. The molecule has 214 valence electrons. The van der Waals surface area contributed by atoms with Gasteiger partial charge >= 0.3 is 6.03 Å². The van der Waals surface area contributed by atoms with Gasteiger partial charge in [0, 0.05) is 69.9 Å². The molecule has 0 aliphatic carbocycles. The molecule has 0 unspecified atom stereocenters. The van der Waals surface area contributed by atoms with Crippen LogP contribution in [0.25, 0.3) is 11.0 Å². The molecule has 13 heteroatoms. The number of rotatable bonds is 7. The standard InChI is InChI=1S/C28H34N10O3/c1-35(22-3-2-13-37(18-22)25(40)8-10-29)26-23-9-14-38(27(23)33-19-32-26)28(41)31-17-24(39)34-20-4-6-21(7-5-20)36-15-11-30-12-16-36/h4-7,9,14,19,22,30H,2-3,8,11-13,15-18H2,1H3,(H,31,41)(H,34,39)/t22-/m1/s1. The van der Waals surface area contributed by atoms with Gasteiger partial charge in [0.05, 0.1) is 18.0 Å². The van der Waals surface area contributed by atoms with Crippen LogP contribution in [0.2, 0.25) is 0 Å². The van der Waals surface area contributed by atoms with E-state index >= 15 is 0 Å². The number of benzene rings is 1. The minimum atomic E-state index is -0.484. The molecular formula is C28H34N10O3. The fraction of sp³-hybridized carbons (Fsp3) is 0.429. The van der Waals surface area contributed by atoms with Crippen LogP contribution in [0.3, 0.4) is 0 Å². The van der Waals surface area contributed by atoms with E-state index in [0.717, 1.165) is 44.7 Å². The molecule has 0 spiro atoms. The molecule has 0 radical (unpaired) electrons. The third-order valence-electron chi connectivity index (χ3n) is 7.57. The quantitative estimate of drug-likeness (QED) is 0.391. The zero-order valence-corrected chi connectivity index (χ0v) is 23.0. The summed E-state index contributed by atoms with van der Waals surface area (Å²) in [5, 5.41) is 18.4. The number of nitrogens with one attached hydrogen (secondary N) is 3. The average Bonchev–Trinajstić information content (AvgIpc) is 3.45. The van der Waals surface area contributed by atoms with Gasteiger partial charge in [-0.2, -0.15) is 5.26 Å². The maximum absolute atomic E-state index is 13.0. The lowest BCUT2D eigenvalue weighted by Crippen LogP contribution is -2.49. The molecule has 2 aliphatic heterocycles. The van der Waals surface area contributed by atoms with Crippen molar-refractivity contribution in [2.24, 2.45) is 0 Å². The maximum atomic E-state index is 13.0. The van der Waals surface area contributed by atoms with Gasteiger partial charge in [-0.15, -0.1) is 0 Å². The van der Waals surface area contributed by atoms with E-state index in [1.165, 1.54) is 10.9 Å². The molecular weight excluding hydrogens is 524 g/mol. The van der Waals surface area contributed by atoms with Gasteiger partial charge in [-0.3, -0.25) is 14.2 Å². The molecule has 2 saturated heterocycles. The van der Waals surface area contributed by atoms with Crippen molar-refractivity contribution < 1.29 is 14.4 Å². The van der Waals surface area contributed by atoms with Crippen molar-refractivity contribution in [2.75, 3.05) is 68.0 Å². The minimum absolute atomic E-state index is 0.0105. The first kappa shape index (κ1) is 27.9. The summed E-state index contributed by atoms with van der Waals surface area (Å²) in [6, 6.07) is 10.9. The SMILES string of the molecule is CN(c1ncnc2c1ccn2C(=O)NCC(=O)Nc1ccc(N2CCNCC2)cc1)[C@@H]1CCCN(C(=O)CC#N)C1. The Hall–Kier alpha value is -4.70. The predicted octanol–water partition coefficient (Wildman–Crippen LogP) is 1.38. The number of likely N-dealkylation sites (tertiary alicyclic amines) is 1. The Balaban J connectivity index is 1.19. The summed E-state index contributed by atoms with van der Waals surface area (Å²) in [6.45, 7) is 4.71. The highest BCUT2D eigenvalue weighted by molar-refractivity contribution is 5.98. The second kappa shape index (κ2) is 12.6. The number of carbonyl (C=O) groups is 3. The number of piperazine rings is 1. The van der Waals surface area contributed by atoms with Crippen molar-refractivity contribution in [3.8, 4) is 6.07 Å². The van der Waals surface area contributed by atoms with E-state index < -0.39 is 6.03 Å². The molecule has 3 aromatic rings. The average molecular weight is 559 g/mol. The second-order valence-corrected chi connectivity index (χ2v) is 10.2. The van der Waals surface area contributed by atoms with E-state index in [1.807, 2.05) is 42.3 Å². The molecule has 13 nitrogen and oxygen atoms in total. The molecule has 2 fully saturated rings. The van der Waals surface area contributed by atoms with Crippen molar-refractivity contribution >= 4 is 46.1 Å². The fourth-order valence-corrected chi connectivity index (χ4v) is 5.36. The number of carbonyl (C=O) groups excluding carboxylic acids is 3. The number of piperidine rings is 1. The van der Waals surface area contributed by atoms with Gasteiger partial charge in [0.15, 0.2) is 5.65 Å². The second-order valence-electron chi connectivity index (χ2n) is 10.2. The van der Waals surface area contributed by atoms with Crippen molar-refractivity contribution in [1.29, 1.82) is 5.26 Å². The van der Waals surface area contributed by atoms with Crippen molar-refractivity contribution in [3.05, 3.63) is 42.9 Å². The molecule has 2 aliphatic rings. The topological polar surface area (TPSA) is 152 Å². The lowest BCUT2D eigenvalue weighted by atomic mass is 10.0. The van der Waals surface area contributed by atoms with Gasteiger partial charge in [0.2, 0.25) is 11.8 Å². The number of hydrogen-bond acceptors (Lipinski definition) is 9.